The van der Waals surface area contributed by atoms with Crippen molar-refractivity contribution in [2.24, 2.45) is 0 Å². The van der Waals surface area contributed by atoms with Crippen LogP contribution in [-0.4, -0.2) is 13.7 Å². The summed E-state index contributed by atoms with van der Waals surface area (Å²) >= 11 is 0. The maximum Gasteiger partial charge on any atom is 0.122 e. The zero-order valence-corrected chi connectivity index (χ0v) is 9.62. The second kappa shape index (κ2) is 5.44. The molecule has 15 heavy (non-hydrogen) atoms. The fourth-order valence-electron chi connectivity index (χ4n) is 1.45. The summed E-state index contributed by atoms with van der Waals surface area (Å²) in [5.74, 6) is 2.02. The lowest BCUT2D eigenvalue weighted by molar-refractivity contribution is 0.338. The van der Waals surface area contributed by atoms with Crippen molar-refractivity contribution in [1.82, 2.24) is 0 Å². The normalized spacial score (nSPS) is 11.9. The van der Waals surface area contributed by atoms with Crippen LogP contribution in [0.5, 0.6) is 11.5 Å². The van der Waals surface area contributed by atoms with E-state index in [-0.39, 0.29) is 5.92 Å². The van der Waals surface area contributed by atoms with Crippen LogP contribution in [0.2, 0.25) is 0 Å². The summed E-state index contributed by atoms with van der Waals surface area (Å²) < 4.78 is 10.7. The highest BCUT2D eigenvalue weighted by Gasteiger charge is 2.09. The molecular formula is C13H18O2. The topological polar surface area (TPSA) is 18.5 Å². The van der Waals surface area contributed by atoms with Gasteiger partial charge in [0.25, 0.3) is 0 Å². The zero-order chi connectivity index (χ0) is 11.3. The number of hydrogen-bond acceptors (Lipinski definition) is 2. The van der Waals surface area contributed by atoms with E-state index in [4.69, 9.17) is 9.47 Å². The fourth-order valence-corrected chi connectivity index (χ4v) is 1.45. The maximum absolute atomic E-state index is 5.45. The van der Waals surface area contributed by atoms with Gasteiger partial charge in [0.2, 0.25) is 0 Å². The minimum Gasteiger partial charge on any atom is -0.496 e. The first-order valence-electron chi connectivity index (χ1n) is 5.16. The summed E-state index contributed by atoms with van der Waals surface area (Å²) in [5, 5.41) is 0. The Bertz CT molecular complexity index is 331. The Morgan fingerprint density at radius 2 is 2.20 bits per heavy atom. The Labute approximate surface area is 91.5 Å². The smallest absolute Gasteiger partial charge is 0.122 e. The van der Waals surface area contributed by atoms with Crippen molar-refractivity contribution in [2.45, 2.75) is 19.8 Å². The van der Waals surface area contributed by atoms with Gasteiger partial charge in [0.05, 0.1) is 13.7 Å². The summed E-state index contributed by atoms with van der Waals surface area (Å²) in [6, 6.07) is 5.86. The largest absolute Gasteiger partial charge is 0.496 e. The Morgan fingerprint density at radius 1 is 1.47 bits per heavy atom. The van der Waals surface area contributed by atoms with Crippen LogP contribution in [0.15, 0.2) is 30.9 Å². The molecule has 1 unspecified atom stereocenters. The summed E-state index contributed by atoms with van der Waals surface area (Å²) in [5.41, 5.74) is 1.11. The third-order valence-electron chi connectivity index (χ3n) is 2.36. The molecule has 0 aliphatic carbocycles. The molecule has 0 spiro atoms. The first-order valence-corrected chi connectivity index (χ1v) is 5.16. The molecule has 0 saturated heterocycles. The second-order valence-electron chi connectivity index (χ2n) is 3.36. The Hall–Kier alpha value is -1.44. The molecule has 0 heterocycles. The molecule has 1 atom stereocenters. The van der Waals surface area contributed by atoms with Gasteiger partial charge in [-0.25, -0.2) is 0 Å². The summed E-state index contributed by atoms with van der Waals surface area (Å²) in [6.45, 7) is 8.52. The van der Waals surface area contributed by atoms with E-state index in [1.807, 2.05) is 31.2 Å². The van der Waals surface area contributed by atoms with Crippen molar-refractivity contribution in [2.75, 3.05) is 13.7 Å². The van der Waals surface area contributed by atoms with E-state index < -0.39 is 0 Å². The van der Waals surface area contributed by atoms with Gasteiger partial charge >= 0.3 is 0 Å². The molecule has 0 N–H and O–H groups in total. The molecule has 2 nitrogen and oxygen atoms in total. The standard InChI is InChI=1S/C13H18O2/c1-5-10(3)12-9-11(15-6-2)7-8-13(12)14-4/h5,7-10H,1,6H2,2-4H3. The molecule has 0 radical (unpaired) electrons. The molecule has 82 valence electrons. The predicted molar refractivity (Wildman–Crippen MR) is 62.8 cm³/mol. The lowest BCUT2D eigenvalue weighted by Gasteiger charge is -2.14. The van der Waals surface area contributed by atoms with Crippen molar-refractivity contribution in [3.63, 3.8) is 0 Å². The second-order valence-corrected chi connectivity index (χ2v) is 3.36. The molecule has 2 heteroatoms. The van der Waals surface area contributed by atoms with Gasteiger partial charge in [-0.05, 0) is 25.1 Å². The van der Waals surface area contributed by atoms with E-state index in [9.17, 15) is 0 Å². The quantitative estimate of drug-likeness (QED) is 0.687. The van der Waals surface area contributed by atoms with Gasteiger partial charge < -0.3 is 9.47 Å². The van der Waals surface area contributed by atoms with Crippen molar-refractivity contribution in [3.05, 3.63) is 36.4 Å². The van der Waals surface area contributed by atoms with Gasteiger partial charge in [0.1, 0.15) is 11.5 Å². The van der Waals surface area contributed by atoms with Crippen molar-refractivity contribution < 1.29 is 9.47 Å². The Kier molecular flexibility index (Phi) is 4.22. The molecule has 0 aliphatic rings. The first-order chi connectivity index (χ1) is 7.22. The van der Waals surface area contributed by atoms with E-state index in [1.165, 1.54) is 0 Å². The average molecular weight is 206 g/mol. The van der Waals surface area contributed by atoms with Crippen LogP contribution in [-0.2, 0) is 0 Å². The molecular weight excluding hydrogens is 188 g/mol. The number of methoxy groups -OCH3 is 1. The SMILES string of the molecule is C=CC(C)c1cc(OCC)ccc1OC. The van der Waals surface area contributed by atoms with Crippen LogP contribution in [0.3, 0.4) is 0 Å². The molecule has 0 bridgehead atoms. The highest BCUT2D eigenvalue weighted by atomic mass is 16.5. The van der Waals surface area contributed by atoms with E-state index in [1.54, 1.807) is 7.11 Å². The Morgan fingerprint density at radius 3 is 2.73 bits per heavy atom. The third kappa shape index (κ3) is 2.75. The molecule has 0 saturated carbocycles. The summed E-state index contributed by atoms with van der Waals surface area (Å²) in [6.07, 6.45) is 1.90. The van der Waals surface area contributed by atoms with Gasteiger partial charge in [-0.15, -0.1) is 6.58 Å². The maximum atomic E-state index is 5.45. The van der Waals surface area contributed by atoms with Crippen LogP contribution in [0, 0.1) is 0 Å². The van der Waals surface area contributed by atoms with E-state index in [0.717, 1.165) is 17.1 Å². The van der Waals surface area contributed by atoms with Gasteiger partial charge in [0, 0.05) is 11.5 Å². The number of rotatable bonds is 5. The molecule has 0 aromatic heterocycles. The molecule has 1 aromatic rings. The lowest BCUT2D eigenvalue weighted by atomic mass is 10.00. The molecule has 0 fully saturated rings. The number of ether oxygens (including phenoxy) is 2. The molecule has 0 aliphatic heterocycles. The van der Waals surface area contributed by atoms with Crippen LogP contribution in [0.25, 0.3) is 0 Å². The monoisotopic (exact) mass is 206 g/mol. The van der Waals surface area contributed by atoms with E-state index in [0.29, 0.717) is 6.61 Å². The van der Waals surface area contributed by atoms with Gasteiger partial charge in [-0.1, -0.05) is 13.0 Å². The minimum atomic E-state index is 0.264. The minimum absolute atomic E-state index is 0.264. The van der Waals surface area contributed by atoms with Gasteiger partial charge in [-0.2, -0.15) is 0 Å². The zero-order valence-electron chi connectivity index (χ0n) is 9.62. The lowest BCUT2D eigenvalue weighted by Crippen LogP contribution is -1.97. The highest BCUT2D eigenvalue weighted by molar-refractivity contribution is 5.43. The van der Waals surface area contributed by atoms with Crippen LogP contribution < -0.4 is 9.47 Å². The molecule has 1 aromatic carbocycles. The van der Waals surface area contributed by atoms with Crippen molar-refractivity contribution in [1.29, 1.82) is 0 Å². The molecule has 1 rings (SSSR count). The summed E-state index contributed by atoms with van der Waals surface area (Å²) in [7, 11) is 1.68. The third-order valence-corrected chi connectivity index (χ3v) is 2.36. The molecule has 0 amide bonds. The average Bonchev–Trinajstić information content (AvgIpc) is 2.28. The number of hydrogen-bond donors (Lipinski definition) is 0. The van der Waals surface area contributed by atoms with Crippen molar-refractivity contribution >= 4 is 0 Å². The number of allylic oxidation sites excluding steroid dienone is 1. The highest BCUT2D eigenvalue weighted by Crippen LogP contribution is 2.30. The fraction of sp³-hybridized carbons (Fsp3) is 0.385. The summed E-state index contributed by atoms with van der Waals surface area (Å²) in [4.78, 5) is 0. The van der Waals surface area contributed by atoms with Crippen molar-refractivity contribution in [3.8, 4) is 11.5 Å². The van der Waals surface area contributed by atoms with Gasteiger partial charge in [-0.3, -0.25) is 0 Å². The van der Waals surface area contributed by atoms with Crippen LogP contribution >= 0.6 is 0 Å². The van der Waals surface area contributed by atoms with E-state index in [2.05, 4.69) is 13.5 Å². The van der Waals surface area contributed by atoms with Crippen LogP contribution in [0.1, 0.15) is 25.3 Å². The first kappa shape index (κ1) is 11.6. The predicted octanol–water partition coefficient (Wildman–Crippen LogP) is 3.38. The van der Waals surface area contributed by atoms with Gasteiger partial charge in [0.15, 0.2) is 0 Å². The Balaban J connectivity index is 3.06. The van der Waals surface area contributed by atoms with E-state index >= 15 is 0 Å². The number of benzene rings is 1. The van der Waals surface area contributed by atoms with Crippen LogP contribution in [0.4, 0.5) is 0 Å².